The molecule has 0 saturated heterocycles. The Morgan fingerprint density at radius 3 is 3.06 bits per heavy atom. The molecule has 1 unspecified atom stereocenters. The molecule has 1 rings (SSSR count). The van der Waals surface area contributed by atoms with Crippen LogP contribution in [0, 0.1) is 0 Å². The molecule has 1 aromatic heterocycles. The van der Waals surface area contributed by atoms with Crippen LogP contribution in [-0.2, 0) is 11.2 Å². The molecule has 0 saturated carbocycles. The van der Waals surface area contributed by atoms with E-state index < -0.39 is 0 Å². The Morgan fingerprint density at radius 2 is 2.44 bits per heavy atom. The standard InChI is InChI=1S/C12H20N2O2/c1-2-4-10(13)9-14-12(15)7-6-11-5-3-8-16-11/h3,5,8,10H,2,4,6-7,9,13H2,1H3,(H,14,15). The number of furan rings is 1. The number of carbonyl (C=O) groups excluding carboxylic acids is 1. The first kappa shape index (κ1) is 12.8. The molecule has 0 aromatic carbocycles. The molecular weight excluding hydrogens is 204 g/mol. The molecule has 0 aliphatic carbocycles. The number of nitrogens with one attached hydrogen (secondary N) is 1. The van der Waals surface area contributed by atoms with Crippen LogP contribution in [-0.4, -0.2) is 18.5 Å². The first-order chi connectivity index (χ1) is 7.72. The Kier molecular flexibility index (Phi) is 5.64. The van der Waals surface area contributed by atoms with E-state index in [1.807, 2.05) is 12.1 Å². The van der Waals surface area contributed by atoms with Crippen LogP contribution in [0.4, 0.5) is 0 Å². The van der Waals surface area contributed by atoms with Crippen molar-refractivity contribution in [3.8, 4) is 0 Å². The van der Waals surface area contributed by atoms with Crippen molar-refractivity contribution in [3.63, 3.8) is 0 Å². The fourth-order valence-corrected chi connectivity index (χ4v) is 1.50. The average Bonchev–Trinajstić information content (AvgIpc) is 2.77. The number of aryl methyl sites for hydroxylation is 1. The molecule has 0 bridgehead atoms. The van der Waals surface area contributed by atoms with Crippen molar-refractivity contribution < 1.29 is 9.21 Å². The Morgan fingerprint density at radius 1 is 1.62 bits per heavy atom. The second-order valence-electron chi connectivity index (χ2n) is 3.93. The number of amides is 1. The van der Waals surface area contributed by atoms with Gasteiger partial charge in [-0.05, 0) is 18.6 Å². The number of rotatable bonds is 7. The van der Waals surface area contributed by atoms with E-state index in [2.05, 4.69) is 12.2 Å². The Hall–Kier alpha value is -1.29. The molecule has 0 aliphatic rings. The summed E-state index contributed by atoms with van der Waals surface area (Å²) in [4.78, 5) is 11.4. The lowest BCUT2D eigenvalue weighted by Crippen LogP contribution is -2.37. The number of hydrogen-bond acceptors (Lipinski definition) is 3. The van der Waals surface area contributed by atoms with E-state index in [1.165, 1.54) is 0 Å². The maximum Gasteiger partial charge on any atom is 0.220 e. The van der Waals surface area contributed by atoms with E-state index in [4.69, 9.17) is 10.2 Å². The summed E-state index contributed by atoms with van der Waals surface area (Å²) in [6.45, 7) is 2.64. The van der Waals surface area contributed by atoms with E-state index >= 15 is 0 Å². The molecule has 16 heavy (non-hydrogen) atoms. The third-order valence-electron chi connectivity index (χ3n) is 2.40. The lowest BCUT2D eigenvalue weighted by atomic mass is 10.2. The molecule has 4 heteroatoms. The molecule has 3 N–H and O–H groups in total. The van der Waals surface area contributed by atoms with E-state index in [0.29, 0.717) is 19.4 Å². The third kappa shape index (κ3) is 4.98. The average molecular weight is 224 g/mol. The van der Waals surface area contributed by atoms with Crippen LogP contribution in [0.3, 0.4) is 0 Å². The summed E-state index contributed by atoms with van der Waals surface area (Å²) in [5.41, 5.74) is 5.79. The van der Waals surface area contributed by atoms with Crippen LogP contribution in [0.5, 0.6) is 0 Å². The highest BCUT2D eigenvalue weighted by Crippen LogP contribution is 2.03. The minimum atomic E-state index is 0.0305. The summed E-state index contributed by atoms with van der Waals surface area (Å²) in [5, 5.41) is 2.82. The first-order valence-corrected chi connectivity index (χ1v) is 5.77. The Bertz CT molecular complexity index is 296. The third-order valence-corrected chi connectivity index (χ3v) is 2.40. The van der Waals surface area contributed by atoms with Gasteiger partial charge in [0, 0.05) is 25.4 Å². The van der Waals surface area contributed by atoms with Crippen molar-refractivity contribution in [3.05, 3.63) is 24.2 Å². The predicted molar refractivity (Wildman–Crippen MR) is 62.9 cm³/mol. The molecule has 4 nitrogen and oxygen atoms in total. The molecule has 0 aliphatic heterocycles. The highest BCUT2D eigenvalue weighted by molar-refractivity contribution is 5.76. The number of nitrogens with two attached hydrogens (primary N) is 1. The van der Waals surface area contributed by atoms with Crippen LogP contribution in [0.25, 0.3) is 0 Å². The zero-order chi connectivity index (χ0) is 11.8. The smallest absolute Gasteiger partial charge is 0.220 e. The van der Waals surface area contributed by atoms with Gasteiger partial charge in [0.05, 0.1) is 6.26 Å². The monoisotopic (exact) mass is 224 g/mol. The topological polar surface area (TPSA) is 68.3 Å². The molecule has 1 amide bonds. The van der Waals surface area contributed by atoms with Gasteiger partial charge in [-0.25, -0.2) is 0 Å². The van der Waals surface area contributed by atoms with Gasteiger partial charge in [-0.1, -0.05) is 13.3 Å². The van der Waals surface area contributed by atoms with Crippen molar-refractivity contribution in [2.75, 3.05) is 6.54 Å². The summed E-state index contributed by atoms with van der Waals surface area (Å²) in [6.07, 6.45) is 4.69. The van der Waals surface area contributed by atoms with Gasteiger partial charge in [-0.3, -0.25) is 4.79 Å². The fraction of sp³-hybridized carbons (Fsp3) is 0.583. The quantitative estimate of drug-likeness (QED) is 0.736. The summed E-state index contributed by atoms with van der Waals surface area (Å²) >= 11 is 0. The molecule has 0 radical (unpaired) electrons. The maximum atomic E-state index is 11.4. The van der Waals surface area contributed by atoms with Crippen molar-refractivity contribution in [1.82, 2.24) is 5.32 Å². The second-order valence-corrected chi connectivity index (χ2v) is 3.93. The lowest BCUT2D eigenvalue weighted by molar-refractivity contribution is -0.121. The summed E-state index contributed by atoms with van der Waals surface area (Å²) in [5.74, 6) is 0.871. The van der Waals surface area contributed by atoms with E-state index in [0.717, 1.165) is 18.6 Å². The van der Waals surface area contributed by atoms with Gasteiger partial charge in [-0.15, -0.1) is 0 Å². The van der Waals surface area contributed by atoms with Crippen molar-refractivity contribution in [2.45, 2.75) is 38.6 Å². The largest absolute Gasteiger partial charge is 0.469 e. The predicted octanol–water partition coefficient (Wildman–Crippen LogP) is 1.46. The zero-order valence-corrected chi connectivity index (χ0v) is 9.74. The molecule has 1 aromatic rings. The van der Waals surface area contributed by atoms with Gasteiger partial charge in [-0.2, -0.15) is 0 Å². The van der Waals surface area contributed by atoms with Crippen molar-refractivity contribution in [2.24, 2.45) is 5.73 Å². The van der Waals surface area contributed by atoms with Gasteiger partial charge in [0.1, 0.15) is 5.76 Å². The number of carbonyl (C=O) groups is 1. The van der Waals surface area contributed by atoms with Crippen LogP contribution in [0.15, 0.2) is 22.8 Å². The molecule has 0 fully saturated rings. The van der Waals surface area contributed by atoms with Crippen LogP contribution in [0.2, 0.25) is 0 Å². The number of hydrogen-bond donors (Lipinski definition) is 2. The van der Waals surface area contributed by atoms with Gasteiger partial charge in [0.25, 0.3) is 0 Å². The van der Waals surface area contributed by atoms with Gasteiger partial charge < -0.3 is 15.5 Å². The SMILES string of the molecule is CCCC(N)CNC(=O)CCc1ccco1. The van der Waals surface area contributed by atoms with Gasteiger partial charge >= 0.3 is 0 Å². The minimum Gasteiger partial charge on any atom is -0.469 e. The molecule has 0 spiro atoms. The summed E-state index contributed by atoms with van der Waals surface area (Å²) < 4.78 is 5.14. The molecule has 1 heterocycles. The van der Waals surface area contributed by atoms with E-state index in [9.17, 15) is 4.79 Å². The normalized spacial score (nSPS) is 12.4. The molecule has 90 valence electrons. The molecular formula is C12H20N2O2. The van der Waals surface area contributed by atoms with E-state index in [1.54, 1.807) is 6.26 Å². The van der Waals surface area contributed by atoms with Crippen LogP contribution >= 0.6 is 0 Å². The van der Waals surface area contributed by atoms with Crippen molar-refractivity contribution in [1.29, 1.82) is 0 Å². The highest BCUT2D eigenvalue weighted by Gasteiger charge is 2.06. The second kappa shape index (κ2) is 7.06. The summed E-state index contributed by atoms with van der Waals surface area (Å²) in [7, 11) is 0. The maximum absolute atomic E-state index is 11.4. The molecule has 1 atom stereocenters. The lowest BCUT2D eigenvalue weighted by Gasteiger charge is -2.11. The van der Waals surface area contributed by atoms with Gasteiger partial charge in [0.2, 0.25) is 5.91 Å². The Balaban J connectivity index is 2.11. The van der Waals surface area contributed by atoms with Crippen LogP contribution in [0.1, 0.15) is 31.9 Å². The summed E-state index contributed by atoms with van der Waals surface area (Å²) in [6, 6.07) is 3.76. The van der Waals surface area contributed by atoms with Gasteiger partial charge in [0.15, 0.2) is 0 Å². The highest BCUT2D eigenvalue weighted by atomic mass is 16.3. The minimum absolute atomic E-state index is 0.0305. The van der Waals surface area contributed by atoms with Crippen molar-refractivity contribution >= 4 is 5.91 Å². The van der Waals surface area contributed by atoms with Crippen LogP contribution < -0.4 is 11.1 Å². The Labute approximate surface area is 96.2 Å². The fourth-order valence-electron chi connectivity index (χ4n) is 1.50. The van der Waals surface area contributed by atoms with E-state index in [-0.39, 0.29) is 11.9 Å². The first-order valence-electron chi connectivity index (χ1n) is 5.77. The zero-order valence-electron chi connectivity index (χ0n) is 9.74.